The normalized spacial score (nSPS) is 20.0. The van der Waals surface area contributed by atoms with Crippen LogP contribution in [0.3, 0.4) is 0 Å². The Balaban J connectivity index is 1.66. The molecule has 0 aromatic heterocycles. The standard InChI is InChI=1S/C15H17Cl2NO3/c1-9-6-12(9)15(20)21-8-14(19)18-5-4-10-2-3-11(16)7-13(10)17/h2-3,7,9,12H,4-6,8H2,1H3,(H,18,19)/t9-,12+/m0/s1. The number of hydrogen-bond acceptors (Lipinski definition) is 3. The Morgan fingerprint density at radius 3 is 2.71 bits per heavy atom. The molecule has 0 spiro atoms. The van der Waals surface area contributed by atoms with E-state index in [-0.39, 0.29) is 24.4 Å². The quantitative estimate of drug-likeness (QED) is 0.816. The smallest absolute Gasteiger partial charge is 0.309 e. The molecule has 0 unspecified atom stereocenters. The van der Waals surface area contributed by atoms with Gasteiger partial charge in [0.2, 0.25) is 0 Å². The van der Waals surface area contributed by atoms with E-state index < -0.39 is 0 Å². The van der Waals surface area contributed by atoms with Crippen molar-refractivity contribution in [1.29, 1.82) is 0 Å². The molecule has 0 heterocycles. The fraction of sp³-hybridized carbons (Fsp3) is 0.467. The third kappa shape index (κ3) is 4.90. The lowest BCUT2D eigenvalue weighted by Gasteiger charge is -2.08. The van der Waals surface area contributed by atoms with E-state index in [1.807, 2.05) is 13.0 Å². The van der Waals surface area contributed by atoms with Crippen LogP contribution in [0.1, 0.15) is 18.9 Å². The van der Waals surface area contributed by atoms with Crippen molar-refractivity contribution < 1.29 is 14.3 Å². The fourth-order valence-electron chi connectivity index (χ4n) is 2.01. The summed E-state index contributed by atoms with van der Waals surface area (Å²) in [5.74, 6) is -0.224. The van der Waals surface area contributed by atoms with Crippen molar-refractivity contribution in [3.8, 4) is 0 Å². The van der Waals surface area contributed by atoms with Gasteiger partial charge in [0.05, 0.1) is 5.92 Å². The largest absolute Gasteiger partial charge is 0.455 e. The van der Waals surface area contributed by atoms with Crippen LogP contribution in [-0.2, 0) is 20.7 Å². The van der Waals surface area contributed by atoms with Crippen LogP contribution in [0.15, 0.2) is 18.2 Å². The maximum Gasteiger partial charge on any atom is 0.309 e. The molecule has 114 valence electrons. The van der Waals surface area contributed by atoms with Gasteiger partial charge in [-0.1, -0.05) is 36.2 Å². The molecule has 21 heavy (non-hydrogen) atoms. The molecule has 1 saturated carbocycles. The number of halogens is 2. The maximum absolute atomic E-state index is 11.6. The second kappa shape index (κ2) is 7.14. The first kappa shape index (κ1) is 16.1. The minimum atomic E-state index is -0.304. The molecule has 1 aliphatic rings. The molecule has 2 rings (SSSR count). The molecule has 1 N–H and O–H groups in total. The molecule has 1 aromatic carbocycles. The Kier molecular flexibility index (Phi) is 5.48. The summed E-state index contributed by atoms with van der Waals surface area (Å²) in [6.45, 7) is 2.19. The molecule has 0 radical (unpaired) electrons. The van der Waals surface area contributed by atoms with Crippen LogP contribution >= 0.6 is 23.2 Å². The van der Waals surface area contributed by atoms with Gasteiger partial charge in [-0.2, -0.15) is 0 Å². The van der Waals surface area contributed by atoms with Crippen LogP contribution in [0.4, 0.5) is 0 Å². The van der Waals surface area contributed by atoms with Gasteiger partial charge < -0.3 is 10.1 Å². The molecular formula is C15H17Cl2NO3. The topological polar surface area (TPSA) is 55.4 Å². The Morgan fingerprint density at radius 2 is 2.10 bits per heavy atom. The Bertz CT molecular complexity index is 548. The van der Waals surface area contributed by atoms with Gasteiger partial charge in [-0.15, -0.1) is 0 Å². The molecule has 0 aliphatic heterocycles. The Hall–Kier alpha value is -1.26. The van der Waals surface area contributed by atoms with Crippen LogP contribution in [0.5, 0.6) is 0 Å². The number of nitrogens with one attached hydrogen (secondary N) is 1. The predicted octanol–water partition coefficient (Wildman–Crippen LogP) is 2.85. The van der Waals surface area contributed by atoms with E-state index in [4.69, 9.17) is 27.9 Å². The van der Waals surface area contributed by atoms with Crippen molar-refractivity contribution in [3.63, 3.8) is 0 Å². The van der Waals surface area contributed by atoms with Gasteiger partial charge in [0.1, 0.15) is 0 Å². The maximum atomic E-state index is 11.6. The van der Waals surface area contributed by atoms with E-state index in [1.165, 1.54) is 0 Å². The first-order chi connectivity index (χ1) is 9.97. The molecule has 1 aliphatic carbocycles. The third-order valence-electron chi connectivity index (χ3n) is 3.49. The molecule has 1 aromatic rings. The summed E-state index contributed by atoms with van der Waals surface area (Å²) in [7, 11) is 0. The van der Waals surface area contributed by atoms with E-state index in [0.717, 1.165) is 12.0 Å². The minimum Gasteiger partial charge on any atom is -0.455 e. The number of esters is 1. The highest BCUT2D eigenvalue weighted by Gasteiger charge is 2.40. The lowest BCUT2D eigenvalue weighted by molar-refractivity contribution is -0.150. The van der Waals surface area contributed by atoms with Gasteiger partial charge in [0, 0.05) is 16.6 Å². The van der Waals surface area contributed by atoms with E-state index in [2.05, 4.69) is 5.32 Å². The number of carbonyl (C=O) groups excluding carboxylic acids is 2. The van der Waals surface area contributed by atoms with Gasteiger partial charge in [-0.05, 0) is 36.5 Å². The fourth-order valence-corrected chi connectivity index (χ4v) is 2.51. The summed E-state index contributed by atoms with van der Waals surface area (Å²) in [6.07, 6.45) is 1.45. The van der Waals surface area contributed by atoms with Gasteiger partial charge in [-0.25, -0.2) is 0 Å². The monoisotopic (exact) mass is 329 g/mol. The predicted molar refractivity (Wildman–Crippen MR) is 81.4 cm³/mol. The van der Waals surface area contributed by atoms with Crippen LogP contribution in [0.2, 0.25) is 10.0 Å². The molecular weight excluding hydrogens is 313 g/mol. The van der Waals surface area contributed by atoms with Gasteiger partial charge in [0.15, 0.2) is 6.61 Å². The minimum absolute atomic E-state index is 0.0225. The average molecular weight is 330 g/mol. The van der Waals surface area contributed by atoms with E-state index in [0.29, 0.717) is 28.9 Å². The van der Waals surface area contributed by atoms with Crippen molar-refractivity contribution in [3.05, 3.63) is 33.8 Å². The zero-order valence-electron chi connectivity index (χ0n) is 11.7. The summed E-state index contributed by atoms with van der Waals surface area (Å²) >= 11 is 11.8. The highest BCUT2D eigenvalue weighted by molar-refractivity contribution is 6.35. The van der Waals surface area contributed by atoms with Crippen LogP contribution in [0.25, 0.3) is 0 Å². The number of amides is 1. The first-order valence-corrected chi connectivity index (χ1v) is 7.60. The Labute approximate surface area is 133 Å². The molecule has 4 nitrogen and oxygen atoms in total. The second-order valence-electron chi connectivity index (χ2n) is 5.26. The number of benzene rings is 1. The van der Waals surface area contributed by atoms with Crippen LogP contribution < -0.4 is 5.32 Å². The molecule has 0 saturated heterocycles. The number of carbonyl (C=O) groups is 2. The summed E-state index contributed by atoms with van der Waals surface area (Å²) in [6, 6.07) is 5.24. The summed E-state index contributed by atoms with van der Waals surface area (Å²) in [5.41, 5.74) is 0.908. The second-order valence-corrected chi connectivity index (χ2v) is 6.11. The van der Waals surface area contributed by atoms with E-state index in [9.17, 15) is 9.59 Å². The summed E-state index contributed by atoms with van der Waals surface area (Å²) < 4.78 is 4.95. The third-order valence-corrected chi connectivity index (χ3v) is 4.08. The summed E-state index contributed by atoms with van der Waals surface area (Å²) in [5, 5.41) is 3.84. The highest BCUT2D eigenvalue weighted by Crippen LogP contribution is 2.38. The highest BCUT2D eigenvalue weighted by atomic mass is 35.5. The van der Waals surface area contributed by atoms with Crippen LogP contribution in [0, 0.1) is 11.8 Å². The number of hydrogen-bond donors (Lipinski definition) is 1. The van der Waals surface area contributed by atoms with Crippen molar-refractivity contribution in [2.45, 2.75) is 19.8 Å². The molecule has 2 atom stereocenters. The Morgan fingerprint density at radius 1 is 1.38 bits per heavy atom. The van der Waals surface area contributed by atoms with Crippen molar-refractivity contribution in [1.82, 2.24) is 5.32 Å². The summed E-state index contributed by atoms with van der Waals surface area (Å²) in [4.78, 5) is 23.0. The molecule has 0 bridgehead atoms. The van der Waals surface area contributed by atoms with Gasteiger partial charge in [-0.3, -0.25) is 9.59 Å². The van der Waals surface area contributed by atoms with Gasteiger partial charge in [0.25, 0.3) is 5.91 Å². The zero-order valence-corrected chi connectivity index (χ0v) is 13.2. The lowest BCUT2D eigenvalue weighted by atomic mass is 10.1. The van der Waals surface area contributed by atoms with Crippen molar-refractivity contribution >= 4 is 35.1 Å². The molecule has 1 fully saturated rings. The number of ether oxygens (including phenoxy) is 1. The first-order valence-electron chi connectivity index (χ1n) is 6.84. The average Bonchev–Trinajstić information content (AvgIpc) is 3.16. The van der Waals surface area contributed by atoms with Crippen LogP contribution in [-0.4, -0.2) is 25.0 Å². The van der Waals surface area contributed by atoms with E-state index >= 15 is 0 Å². The van der Waals surface area contributed by atoms with Crippen molar-refractivity contribution in [2.75, 3.05) is 13.2 Å². The molecule has 6 heteroatoms. The van der Waals surface area contributed by atoms with Crippen molar-refractivity contribution in [2.24, 2.45) is 11.8 Å². The number of rotatable bonds is 6. The molecule has 1 amide bonds. The van der Waals surface area contributed by atoms with Gasteiger partial charge >= 0.3 is 5.97 Å². The lowest BCUT2D eigenvalue weighted by Crippen LogP contribution is -2.30. The zero-order chi connectivity index (χ0) is 15.4. The van der Waals surface area contributed by atoms with E-state index in [1.54, 1.807) is 12.1 Å². The SMILES string of the molecule is C[C@H]1C[C@H]1C(=O)OCC(=O)NCCc1ccc(Cl)cc1Cl.